The van der Waals surface area contributed by atoms with Gasteiger partial charge in [0.2, 0.25) is 0 Å². The van der Waals surface area contributed by atoms with Gasteiger partial charge < -0.3 is 19.8 Å². The number of benzene rings is 2. The maximum atomic E-state index is 6.01. The van der Waals surface area contributed by atoms with Gasteiger partial charge in [-0.2, -0.15) is 5.10 Å². The number of aryl methyl sites for hydroxylation is 1. The third-order valence-corrected chi connectivity index (χ3v) is 5.50. The van der Waals surface area contributed by atoms with Gasteiger partial charge in [0.1, 0.15) is 6.61 Å². The summed E-state index contributed by atoms with van der Waals surface area (Å²) < 4.78 is 11.6. The molecule has 0 saturated carbocycles. The van der Waals surface area contributed by atoms with Crippen molar-refractivity contribution in [2.45, 2.75) is 26.0 Å². The van der Waals surface area contributed by atoms with Gasteiger partial charge >= 0.3 is 0 Å². The molecule has 1 saturated heterocycles. The van der Waals surface area contributed by atoms with Crippen LogP contribution in [0.15, 0.2) is 47.6 Å². The second-order valence-electron chi connectivity index (χ2n) is 7.51. The number of nitrogens with zero attached hydrogens (tertiary/aromatic N) is 2. The molecule has 2 atom stereocenters. The van der Waals surface area contributed by atoms with Crippen LogP contribution in [0.5, 0.6) is 11.5 Å². The number of hydrogen-bond donors (Lipinski definition) is 1. The first-order chi connectivity index (χ1) is 13.1. The van der Waals surface area contributed by atoms with Crippen molar-refractivity contribution in [2.24, 2.45) is 11.0 Å². The molecule has 5 nitrogen and oxygen atoms in total. The molecule has 0 radical (unpaired) electrons. The van der Waals surface area contributed by atoms with Crippen molar-refractivity contribution in [2.75, 3.05) is 27.2 Å². The number of methoxy groups -OCH3 is 1. The molecule has 2 heterocycles. The quantitative estimate of drug-likeness (QED) is 0.880. The van der Waals surface area contributed by atoms with E-state index in [1.54, 1.807) is 7.11 Å². The number of likely N-dealkylation sites (tertiary alicyclic amines) is 1. The van der Waals surface area contributed by atoms with E-state index >= 15 is 0 Å². The molecule has 2 aromatic carbocycles. The predicted molar refractivity (Wildman–Crippen MR) is 107 cm³/mol. The van der Waals surface area contributed by atoms with E-state index in [1.807, 2.05) is 6.07 Å². The van der Waals surface area contributed by atoms with E-state index in [4.69, 9.17) is 9.47 Å². The van der Waals surface area contributed by atoms with Crippen molar-refractivity contribution in [1.82, 2.24) is 10.3 Å². The number of ether oxygens (including phenoxy) is 2. The van der Waals surface area contributed by atoms with Gasteiger partial charge in [-0.25, -0.2) is 0 Å². The lowest BCUT2D eigenvalue weighted by atomic mass is 9.86. The highest BCUT2D eigenvalue weighted by atomic mass is 16.5. The van der Waals surface area contributed by atoms with Crippen LogP contribution in [0.3, 0.4) is 0 Å². The van der Waals surface area contributed by atoms with Gasteiger partial charge in [-0.1, -0.05) is 35.9 Å². The van der Waals surface area contributed by atoms with Crippen LogP contribution in [0.2, 0.25) is 0 Å². The molecule has 0 spiro atoms. The Morgan fingerprint density at radius 1 is 1.15 bits per heavy atom. The van der Waals surface area contributed by atoms with Crippen molar-refractivity contribution in [3.8, 4) is 11.5 Å². The molecular formula is C22H27N3O2. The number of piperidine rings is 1. The SMILES string of the molecule is COc1cc(C2NN=C3CCN(C)CC32)ccc1OCc1ccc(C)cc1. The van der Waals surface area contributed by atoms with Crippen LogP contribution in [0.1, 0.15) is 29.2 Å². The molecule has 2 aliphatic heterocycles. The molecular weight excluding hydrogens is 338 g/mol. The molecule has 0 amide bonds. The van der Waals surface area contributed by atoms with Gasteiger partial charge in [-0.15, -0.1) is 0 Å². The minimum absolute atomic E-state index is 0.197. The van der Waals surface area contributed by atoms with Crippen molar-refractivity contribution in [3.05, 3.63) is 59.2 Å². The van der Waals surface area contributed by atoms with Gasteiger partial charge in [-0.05, 0) is 37.2 Å². The summed E-state index contributed by atoms with van der Waals surface area (Å²) in [5.41, 5.74) is 8.21. The first-order valence-corrected chi connectivity index (χ1v) is 9.51. The van der Waals surface area contributed by atoms with Crippen molar-refractivity contribution < 1.29 is 9.47 Å². The van der Waals surface area contributed by atoms with E-state index in [-0.39, 0.29) is 6.04 Å². The van der Waals surface area contributed by atoms with Gasteiger partial charge in [0.05, 0.1) is 13.2 Å². The summed E-state index contributed by atoms with van der Waals surface area (Å²) in [5, 5.41) is 4.58. The maximum absolute atomic E-state index is 6.01. The molecule has 4 rings (SSSR count). The largest absolute Gasteiger partial charge is 0.493 e. The van der Waals surface area contributed by atoms with Gasteiger partial charge in [0, 0.05) is 31.1 Å². The summed E-state index contributed by atoms with van der Waals surface area (Å²) in [5.74, 6) is 1.95. The van der Waals surface area contributed by atoms with Crippen LogP contribution in [0, 0.1) is 12.8 Å². The third-order valence-electron chi connectivity index (χ3n) is 5.50. The van der Waals surface area contributed by atoms with E-state index in [9.17, 15) is 0 Å². The van der Waals surface area contributed by atoms with Crippen LogP contribution in [0.4, 0.5) is 0 Å². The smallest absolute Gasteiger partial charge is 0.161 e. The van der Waals surface area contributed by atoms with Crippen molar-refractivity contribution in [3.63, 3.8) is 0 Å². The molecule has 2 unspecified atom stereocenters. The van der Waals surface area contributed by atoms with Gasteiger partial charge in [0.15, 0.2) is 11.5 Å². The normalized spacial score (nSPS) is 22.0. The zero-order chi connectivity index (χ0) is 18.8. The average Bonchev–Trinajstić information content (AvgIpc) is 3.10. The Balaban J connectivity index is 1.49. The van der Waals surface area contributed by atoms with Crippen molar-refractivity contribution in [1.29, 1.82) is 0 Å². The molecule has 1 N–H and O–H groups in total. The number of hydrogen-bond acceptors (Lipinski definition) is 5. The topological polar surface area (TPSA) is 46.1 Å². The fraction of sp³-hybridized carbons (Fsp3) is 0.409. The fourth-order valence-corrected chi connectivity index (χ4v) is 3.85. The average molecular weight is 365 g/mol. The zero-order valence-electron chi connectivity index (χ0n) is 16.2. The standard InChI is InChI=1S/C22H27N3O2/c1-15-4-6-16(7-5-15)14-27-20-9-8-17(12-21(20)26-3)22-18-13-25(2)11-10-19(18)23-24-22/h4-9,12,18,22,24H,10-11,13-14H2,1-3H3. The minimum atomic E-state index is 0.197. The Kier molecular flexibility index (Phi) is 5.03. The Bertz CT molecular complexity index is 832. The molecule has 0 aromatic heterocycles. The summed E-state index contributed by atoms with van der Waals surface area (Å²) in [4.78, 5) is 2.37. The summed E-state index contributed by atoms with van der Waals surface area (Å²) in [6.45, 7) is 4.73. The lowest BCUT2D eigenvalue weighted by Crippen LogP contribution is -2.39. The first-order valence-electron chi connectivity index (χ1n) is 9.51. The molecule has 1 fully saturated rings. The second-order valence-corrected chi connectivity index (χ2v) is 7.51. The predicted octanol–water partition coefficient (Wildman–Crippen LogP) is 3.53. The lowest BCUT2D eigenvalue weighted by molar-refractivity contribution is 0.271. The molecule has 27 heavy (non-hydrogen) atoms. The van der Waals surface area contributed by atoms with E-state index < -0.39 is 0 Å². The Morgan fingerprint density at radius 3 is 2.74 bits per heavy atom. The number of nitrogens with one attached hydrogen (secondary N) is 1. The van der Waals surface area contributed by atoms with Gasteiger partial charge in [0.25, 0.3) is 0 Å². The zero-order valence-corrected chi connectivity index (χ0v) is 16.2. The summed E-state index contributed by atoms with van der Waals surface area (Å²) in [7, 11) is 3.87. The highest BCUT2D eigenvalue weighted by molar-refractivity contribution is 5.89. The van der Waals surface area contributed by atoms with E-state index in [2.05, 4.69) is 65.8 Å². The van der Waals surface area contributed by atoms with E-state index in [1.165, 1.54) is 16.8 Å². The van der Waals surface area contributed by atoms with Crippen LogP contribution >= 0.6 is 0 Å². The Hall–Kier alpha value is -2.53. The lowest BCUT2D eigenvalue weighted by Gasteiger charge is -2.31. The van der Waals surface area contributed by atoms with Gasteiger partial charge in [-0.3, -0.25) is 0 Å². The third kappa shape index (κ3) is 3.78. The number of rotatable bonds is 5. The molecule has 2 aliphatic rings. The van der Waals surface area contributed by atoms with Crippen LogP contribution in [0.25, 0.3) is 0 Å². The summed E-state index contributed by atoms with van der Waals surface area (Å²) in [6, 6.07) is 14.8. The summed E-state index contributed by atoms with van der Waals surface area (Å²) in [6.07, 6.45) is 1.04. The second kappa shape index (κ2) is 7.61. The van der Waals surface area contributed by atoms with E-state index in [0.29, 0.717) is 12.5 Å². The number of hydrazone groups is 1. The van der Waals surface area contributed by atoms with Crippen molar-refractivity contribution >= 4 is 5.71 Å². The van der Waals surface area contributed by atoms with Crippen LogP contribution in [-0.2, 0) is 6.61 Å². The minimum Gasteiger partial charge on any atom is -0.493 e. The molecule has 0 aliphatic carbocycles. The van der Waals surface area contributed by atoms with Crippen LogP contribution in [-0.4, -0.2) is 37.9 Å². The number of fused-ring (bicyclic) bond motifs is 1. The Labute approximate surface area is 161 Å². The highest BCUT2D eigenvalue weighted by Crippen LogP contribution is 2.36. The molecule has 0 bridgehead atoms. The molecule has 5 heteroatoms. The van der Waals surface area contributed by atoms with Crippen LogP contribution < -0.4 is 14.9 Å². The van der Waals surface area contributed by atoms with E-state index in [0.717, 1.165) is 36.6 Å². The maximum Gasteiger partial charge on any atom is 0.161 e. The summed E-state index contributed by atoms with van der Waals surface area (Å²) >= 11 is 0. The fourth-order valence-electron chi connectivity index (χ4n) is 3.85. The first kappa shape index (κ1) is 17.9. The molecule has 142 valence electrons. The highest BCUT2D eigenvalue weighted by Gasteiger charge is 2.36. The molecule has 2 aromatic rings. The Morgan fingerprint density at radius 2 is 1.96 bits per heavy atom. The monoisotopic (exact) mass is 365 g/mol.